The molecule has 0 saturated carbocycles. The number of hydrazine groups is 2. The van der Waals surface area contributed by atoms with Gasteiger partial charge in [0.1, 0.15) is 0 Å². The van der Waals surface area contributed by atoms with Gasteiger partial charge in [0.05, 0.1) is 5.69 Å². The molecule has 0 aliphatic heterocycles. The Morgan fingerprint density at radius 2 is 1.37 bits per heavy atom. The summed E-state index contributed by atoms with van der Waals surface area (Å²) in [5, 5.41) is 1.84. The predicted molar refractivity (Wildman–Crippen MR) is 80.2 cm³/mol. The lowest BCUT2D eigenvalue weighted by Gasteiger charge is -2.21. The smallest absolute Gasteiger partial charge is 0.0702 e. The molecular formula is C15H18N4. The Kier molecular flexibility index (Phi) is 4.66. The Bertz CT molecular complexity index is 516. The Morgan fingerprint density at radius 1 is 0.842 bits per heavy atom. The molecule has 4 heteroatoms. The van der Waals surface area contributed by atoms with E-state index in [1.165, 1.54) is 0 Å². The van der Waals surface area contributed by atoms with Crippen molar-refractivity contribution in [1.82, 2.24) is 15.8 Å². The number of benzene rings is 1. The molecule has 4 nitrogen and oxygen atoms in total. The molecular weight excluding hydrogens is 236 g/mol. The molecule has 0 unspecified atom stereocenters. The Balaban J connectivity index is 2.09. The zero-order valence-electron chi connectivity index (χ0n) is 11.2. The van der Waals surface area contributed by atoms with Crippen molar-refractivity contribution in [2.24, 2.45) is 0 Å². The summed E-state index contributed by atoms with van der Waals surface area (Å²) >= 11 is 0. The standard InChI is InChI=1S/C15H18N4/c1-16-19(17-2)15-7-5-13(6-8-15)3-4-14-9-11-18-12-10-14/h3-12,16-17H,1-2H3/b4-3+. The number of aromatic nitrogens is 1. The van der Waals surface area contributed by atoms with E-state index < -0.39 is 0 Å². The third kappa shape index (κ3) is 3.64. The van der Waals surface area contributed by atoms with Crippen LogP contribution in [-0.4, -0.2) is 19.1 Å². The van der Waals surface area contributed by atoms with Crippen LogP contribution in [0.15, 0.2) is 48.8 Å². The summed E-state index contributed by atoms with van der Waals surface area (Å²) in [4.78, 5) is 4.00. The van der Waals surface area contributed by atoms with Gasteiger partial charge in [-0.1, -0.05) is 24.3 Å². The highest BCUT2D eigenvalue weighted by Gasteiger charge is 1.99. The fourth-order valence-corrected chi connectivity index (χ4v) is 1.77. The maximum absolute atomic E-state index is 4.00. The second kappa shape index (κ2) is 6.68. The average Bonchev–Trinajstić information content (AvgIpc) is 2.49. The molecule has 0 radical (unpaired) electrons. The number of hydrogen-bond donors (Lipinski definition) is 2. The molecule has 1 aromatic heterocycles. The lowest BCUT2D eigenvalue weighted by atomic mass is 10.1. The first-order valence-corrected chi connectivity index (χ1v) is 6.16. The van der Waals surface area contributed by atoms with Gasteiger partial charge < -0.3 is 0 Å². The van der Waals surface area contributed by atoms with Crippen LogP contribution in [0.25, 0.3) is 12.2 Å². The molecule has 0 atom stereocenters. The second-order valence-corrected chi connectivity index (χ2v) is 3.99. The van der Waals surface area contributed by atoms with Crippen molar-refractivity contribution in [3.63, 3.8) is 0 Å². The van der Waals surface area contributed by atoms with E-state index in [1.807, 2.05) is 31.3 Å². The molecule has 98 valence electrons. The van der Waals surface area contributed by atoms with Crippen LogP contribution < -0.4 is 16.0 Å². The number of nitrogens with one attached hydrogen (secondary N) is 2. The molecule has 19 heavy (non-hydrogen) atoms. The fraction of sp³-hybridized carbons (Fsp3) is 0.133. The average molecular weight is 254 g/mol. The van der Waals surface area contributed by atoms with Crippen molar-refractivity contribution >= 4 is 17.8 Å². The third-order valence-corrected chi connectivity index (χ3v) is 2.77. The normalized spacial score (nSPS) is 10.8. The van der Waals surface area contributed by atoms with E-state index in [0.717, 1.165) is 16.8 Å². The van der Waals surface area contributed by atoms with Gasteiger partial charge in [0.2, 0.25) is 0 Å². The highest BCUT2D eigenvalue weighted by Crippen LogP contribution is 2.14. The minimum Gasteiger partial charge on any atom is -0.265 e. The van der Waals surface area contributed by atoms with Crippen molar-refractivity contribution < 1.29 is 0 Å². The van der Waals surface area contributed by atoms with E-state index in [1.54, 1.807) is 12.4 Å². The number of rotatable bonds is 5. The number of pyridine rings is 1. The maximum Gasteiger partial charge on any atom is 0.0702 e. The summed E-state index contributed by atoms with van der Waals surface area (Å²) in [5.41, 5.74) is 9.45. The van der Waals surface area contributed by atoms with Crippen LogP contribution in [0.4, 0.5) is 5.69 Å². The van der Waals surface area contributed by atoms with Gasteiger partial charge in [-0.3, -0.25) is 4.98 Å². The zero-order valence-corrected chi connectivity index (χ0v) is 11.2. The first-order chi connectivity index (χ1) is 9.33. The van der Waals surface area contributed by atoms with Crippen LogP contribution in [0, 0.1) is 0 Å². The summed E-state index contributed by atoms with van der Waals surface area (Å²) in [6, 6.07) is 12.2. The molecule has 2 N–H and O–H groups in total. The van der Waals surface area contributed by atoms with E-state index in [4.69, 9.17) is 0 Å². The molecule has 0 fully saturated rings. The molecule has 2 aromatic rings. The van der Waals surface area contributed by atoms with Crippen LogP contribution in [0.3, 0.4) is 0 Å². The van der Waals surface area contributed by atoms with Gasteiger partial charge in [-0.2, -0.15) is 0 Å². The Morgan fingerprint density at radius 3 is 1.89 bits per heavy atom. The number of hydrogen-bond acceptors (Lipinski definition) is 4. The lowest BCUT2D eigenvalue weighted by molar-refractivity contribution is 0.624. The molecule has 0 spiro atoms. The van der Waals surface area contributed by atoms with Crippen molar-refractivity contribution in [2.45, 2.75) is 0 Å². The summed E-state index contributed by atoms with van der Waals surface area (Å²) in [7, 11) is 3.74. The Labute approximate surface area is 113 Å². The lowest BCUT2D eigenvalue weighted by Crippen LogP contribution is -2.44. The number of nitrogens with zero attached hydrogens (tertiary/aromatic N) is 2. The summed E-state index contributed by atoms with van der Waals surface area (Å²) < 4.78 is 0. The van der Waals surface area contributed by atoms with Crippen LogP contribution in [-0.2, 0) is 0 Å². The van der Waals surface area contributed by atoms with E-state index in [0.29, 0.717) is 0 Å². The van der Waals surface area contributed by atoms with Crippen LogP contribution in [0.1, 0.15) is 11.1 Å². The highest BCUT2D eigenvalue weighted by atomic mass is 15.7. The van der Waals surface area contributed by atoms with E-state index >= 15 is 0 Å². The largest absolute Gasteiger partial charge is 0.265 e. The molecule has 0 aliphatic rings. The first-order valence-electron chi connectivity index (χ1n) is 6.16. The summed E-state index contributed by atoms with van der Waals surface area (Å²) in [6.07, 6.45) is 7.74. The topological polar surface area (TPSA) is 40.2 Å². The second-order valence-electron chi connectivity index (χ2n) is 3.99. The molecule has 2 rings (SSSR count). The van der Waals surface area contributed by atoms with Crippen molar-refractivity contribution in [1.29, 1.82) is 0 Å². The van der Waals surface area contributed by atoms with Gasteiger partial charge in [-0.05, 0) is 35.4 Å². The third-order valence-electron chi connectivity index (χ3n) is 2.77. The Hall–Kier alpha value is -2.17. The summed E-state index contributed by atoms with van der Waals surface area (Å²) in [6.45, 7) is 0. The van der Waals surface area contributed by atoms with Crippen LogP contribution >= 0.6 is 0 Å². The van der Waals surface area contributed by atoms with E-state index in [-0.39, 0.29) is 0 Å². The van der Waals surface area contributed by atoms with E-state index in [2.05, 4.69) is 52.3 Å². The molecule has 1 heterocycles. The molecule has 0 bridgehead atoms. The summed E-state index contributed by atoms with van der Waals surface area (Å²) in [5.74, 6) is 0. The van der Waals surface area contributed by atoms with Gasteiger partial charge in [0, 0.05) is 26.5 Å². The minimum absolute atomic E-state index is 1.06. The van der Waals surface area contributed by atoms with Crippen LogP contribution in [0.2, 0.25) is 0 Å². The SMILES string of the molecule is CNN(NC)c1ccc(/C=C/c2ccncc2)cc1. The predicted octanol–water partition coefficient (Wildman–Crippen LogP) is 2.33. The monoisotopic (exact) mass is 254 g/mol. The van der Waals surface area contributed by atoms with Gasteiger partial charge in [0.15, 0.2) is 0 Å². The van der Waals surface area contributed by atoms with Gasteiger partial charge in [0.25, 0.3) is 0 Å². The first kappa shape index (κ1) is 13.3. The van der Waals surface area contributed by atoms with Crippen molar-refractivity contribution in [2.75, 3.05) is 19.2 Å². The van der Waals surface area contributed by atoms with Gasteiger partial charge in [-0.25, -0.2) is 16.0 Å². The highest BCUT2D eigenvalue weighted by molar-refractivity contribution is 5.70. The maximum atomic E-state index is 4.00. The van der Waals surface area contributed by atoms with E-state index in [9.17, 15) is 0 Å². The van der Waals surface area contributed by atoms with Crippen LogP contribution in [0.5, 0.6) is 0 Å². The van der Waals surface area contributed by atoms with Gasteiger partial charge in [-0.15, -0.1) is 0 Å². The number of anilines is 1. The zero-order chi connectivity index (χ0) is 13.5. The quantitative estimate of drug-likeness (QED) is 0.803. The van der Waals surface area contributed by atoms with Gasteiger partial charge >= 0.3 is 0 Å². The van der Waals surface area contributed by atoms with Crippen molar-refractivity contribution in [3.8, 4) is 0 Å². The molecule has 0 amide bonds. The van der Waals surface area contributed by atoms with Crippen molar-refractivity contribution in [3.05, 3.63) is 59.9 Å². The molecule has 0 saturated heterocycles. The molecule has 1 aromatic carbocycles. The molecule has 0 aliphatic carbocycles. The fourth-order valence-electron chi connectivity index (χ4n) is 1.77. The minimum atomic E-state index is 1.06.